The second-order valence-electron chi connectivity index (χ2n) is 9.64. The summed E-state index contributed by atoms with van der Waals surface area (Å²) in [5, 5.41) is -0.125. The summed E-state index contributed by atoms with van der Waals surface area (Å²) in [5.41, 5.74) is 0.704. The van der Waals surface area contributed by atoms with E-state index in [0.717, 1.165) is 25.7 Å². The third-order valence-electron chi connectivity index (χ3n) is 6.50. The summed E-state index contributed by atoms with van der Waals surface area (Å²) in [6.45, 7) is 5.97. The molecule has 2 aromatic rings. The molecule has 35 heavy (non-hydrogen) atoms. The molecule has 0 N–H and O–H groups in total. The van der Waals surface area contributed by atoms with Gasteiger partial charge in [-0.2, -0.15) is 0 Å². The molecule has 0 aliphatic carbocycles. The molecule has 2 atom stereocenters. The van der Waals surface area contributed by atoms with Gasteiger partial charge in [-0.05, 0) is 31.7 Å². The molecule has 1 aromatic heterocycles. The van der Waals surface area contributed by atoms with Crippen LogP contribution in [-0.2, 0) is 42.9 Å². The lowest BCUT2D eigenvalue weighted by Gasteiger charge is -2.28. The van der Waals surface area contributed by atoms with E-state index in [1.54, 1.807) is 15.5 Å². The number of ether oxygens (including phenoxy) is 2. The van der Waals surface area contributed by atoms with Crippen LogP contribution in [0, 0.1) is 11.7 Å². The minimum absolute atomic E-state index is 0.0267. The standard InChI is InChI=1S/C25H34FN3O5S/c1-18(2)24(30)28(15-21-8-5-11-33-21)14-20-13-27-25(29(20)16-22-9-6-12-34-22)35(31,32)17-19-7-3-4-10-23(19)26/h3-4,7,10,13,18,21-22H,5-6,8-9,11-12,14-17H2,1-2H3/t21-,22+/m0/s1. The Morgan fingerprint density at radius 3 is 2.49 bits per heavy atom. The number of hydrogen-bond acceptors (Lipinski definition) is 6. The van der Waals surface area contributed by atoms with Crippen LogP contribution in [0.1, 0.15) is 50.8 Å². The maximum Gasteiger partial charge on any atom is 0.228 e. The fourth-order valence-electron chi connectivity index (χ4n) is 4.67. The number of hydrogen-bond donors (Lipinski definition) is 0. The fraction of sp³-hybridized carbons (Fsp3) is 0.600. The van der Waals surface area contributed by atoms with Gasteiger partial charge in [0, 0.05) is 31.2 Å². The van der Waals surface area contributed by atoms with Crippen LogP contribution in [-0.4, -0.2) is 60.7 Å². The third-order valence-corrected chi connectivity index (χ3v) is 8.07. The van der Waals surface area contributed by atoms with Crippen molar-refractivity contribution < 1.29 is 27.1 Å². The first-order chi connectivity index (χ1) is 16.7. The summed E-state index contributed by atoms with van der Waals surface area (Å²) in [4.78, 5) is 19.0. The summed E-state index contributed by atoms with van der Waals surface area (Å²) in [6, 6.07) is 5.84. The van der Waals surface area contributed by atoms with Crippen LogP contribution in [0.15, 0.2) is 35.6 Å². The van der Waals surface area contributed by atoms with Gasteiger partial charge in [-0.25, -0.2) is 17.8 Å². The lowest BCUT2D eigenvalue weighted by molar-refractivity contribution is -0.136. The molecule has 2 aliphatic rings. The quantitative estimate of drug-likeness (QED) is 0.490. The Balaban J connectivity index is 1.65. The minimum atomic E-state index is -3.95. The SMILES string of the molecule is CC(C)C(=O)N(Cc1cnc(S(=O)(=O)Cc2ccccc2F)n1C[C@H]1CCCO1)C[C@@H]1CCCO1. The van der Waals surface area contributed by atoms with Crippen LogP contribution in [0.4, 0.5) is 4.39 Å². The van der Waals surface area contributed by atoms with Gasteiger partial charge in [0.15, 0.2) is 0 Å². The van der Waals surface area contributed by atoms with Crippen molar-refractivity contribution in [1.29, 1.82) is 0 Å². The van der Waals surface area contributed by atoms with Crippen LogP contribution >= 0.6 is 0 Å². The molecule has 0 spiro atoms. The van der Waals surface area contributed by atoms with Gasteiger partial charge in [-0.15, -0.1) is 0 Å². The summed E-state index contributed by atoms with van der Waals surface area (Å²) in [6.07, 6.45) is 4.91. The molecular weight excluding hydrogens is 473 g/mol. The molecule has 10 heteroatoms. The van der Waals surface area contributed by atoms with Gasteiger partial charge in [-0.1, -0.05) is 32.0 Å². The number of carbonyl (C=O) groups is 1. The molecule has 1 aromatic carbocycles. The smallest absolute Gasteiger partial charge is 0.228 e. The van der Waals surface area contributed by atoms with Gasteiger partial charge in [0.2, 0.25) is 20.9 Å². The van der Waals surface area contributed by atoms with Gasteiger partial charge < -0.3 is 18.9 Å². The van der Waals surface area contributed by atoms with E-state index in [1.807, 2.05) is 13.8 Å². The van der Waals surface area contributed by atoms with Gasteiger partial charge >= 0.3 is 0 Å². The van der Waals surface area contributed by atoms with Crippen LogP contribution in [0.5, 0.6) is 0 Å². The molecule has 8 nitrogen and oxygen atoms in total. The average molecular weight is 508 g/mol. The van der Waals surface area contributed by atoms with Crippen molar-refractivity contribution in [1.82, 2.24) is 14.5 Å². The highest BCUT2D eigenvalue weighted by atomic mass is 32.2. The van der Waals surface area contributed by atoms with E-state index in [9.17, 15) is 17.6 Å². The van der Waals surface area contributed by atoms with Crippen molar-refractivity contribution in [3.8, 4) is 0 Å². The molecule has 2 saturated heterocycles. The van der Waals surface area contributed by atoms with Crippen molar-refractivity contribution in [3.63, 3.8) is 0 Å². The van der Waals surface area contributed by atoms with Gasteiger partial charge in [-0.3, -0.25) is 4.79 Å². The topological polar surface area (TPSA) is 90.7 Å². The summed E-state index contributed by atoms with van der Waals surface area (Å²) in [5.74, 6) is -1.30. The largest absolute Gasteiger partial charge is 0.376 e. The van der Waals surface area contributed by atoms with E-state index in [1.165, 1.54) is 24.4 Å². The number of aromatic nitrogens is 2. The van der Waals surface area contributed by atoms with Gasteiger partial charge in [0.1, 0.15) is 5.82 Å². The zero-order valence-corrected chi connectivity index (χ0v) is 21.2. The first-order valence-corrected chi connectivity index (χ1v) is 13.9. The Kier molecular flexibility index (Phi) is 8.23. The number of nitrogens with zero attached hydrogens (tertiary/aromatic N) is 3. The highest BCUT2D eigenvalue weighted by Gasteiger charge is 2.30. The van der Waals surface area contributed by atoms with E-state index >= 15 is 0 Å². The van der Waals surface area contributed by atoms with Crippen LogP contribution in [0.2, 0.25) is 0 Å². The van der Waals surface area contributed by atoms with Crippen molar-refractivity contribution in [2.75, 3.05) is 19.8 Å². The number of amides is 1. The Labute approximate surface area is 206 Å². The fourth-order valence-corrected chi connectivity index (χ4v) is 6.18. The van der Waals surface area contributed by atoms with E-state index in [-0.39, 0.29) is 41.3 Å². The van der Waals surface area contributed by atoms with Gasteiger partial charge in [0.25, 0.3) is 0 Å². The van der Waals surface area contributed by atoms with Crippen LogP contribution in [0.3, 0.4) is 0 Å². The molecule has 0 radical (unpaired) electrons. The molecule has 4 rings (SSSR count). The molecule has 2 aliphatic heterocycles. The Morgan fingerprint density at radius 1 is 1.17 bits per heavy atom. The van der Waals surface area contributed by atoms with Gasteiger partial charge in [0.05, 0.1) is 42.9 Å². The molecule has 0 unspecified atom stereocenters. The Morgan fingerprint density at radius 2 is 1.86 bits per heavy atom. The maximum absolute atomic E-state index is 14.2. The average Bonchev–Trinajstić information content (AvgIpc) is 3.58. The lowest BCUT2D eigenvalue weighted by atomic mass is 10.1. The number of imidazole rings is 1. The second-order valence-corrected chi connectivity index (χ2v) is 11.5. The Hall–Kier alpha value is -2.30. The highest BCUT2D eigenvalue weighted by molar-refractivity contribution is 7.90. The first-order valence-electron chi connectivity index (χ1n) is 12.3. The first kappa shape index (κ1) is 25.8. The van der Waals surface area contributed by atoms with E-state index in [4.69, 9.17) is 9.47 Å². The van der Waals surface area contributed by atoms with Crippen LogP contribution in [0.25, 0.3) is 0 Å². The zero-order valence-electron chi connectivity index (χ0n) is 20.4. The maximum atomic E-state index is 14.2. The predicted molar refractivity (Wildman–Crippen MR) is 128 cm³/mol. The third kappa shape index (κ3) is 6.29. The zero-order chi connectivity index (χ0) is 25.0. The van der Waals surface area contributed by atoms with E-state index in [0.29, 0.717) is 32.0 Å². The minimum Gasteiger partial charge on any atom is -0.376 e. The molecule has 2 fully saturated rings. The van der Waals surface area contributed by atoms with E-state index < -0.39 is 21.4 Å². The molecule has 0 bridgehead atoms. The number of rotatable bonds is 10. The number of carbonyl (C=O) groups excluding carboxylic acids is 1. The summed E-state index contributed by atoms with van der Waals surface area (Å²) in [7, 11) is -3.95. The van der Waals surface area contributed by atoms with Crippen molar-refractivity contribution in [2.24, 2.45) is 5.92 Å². The highest BCUT2D eigenvalue weighted by Crippen LogP contribution is 2.24. The summed E-state index contributed by atoms with van der Waals surface area (Å²) >= 11 is 0. The van der Waals surface area contributed by atoms with Crippen molar-refractivity contribution >= 4 is 15.7 Å². The summed E-state index contributed by atoms with van der Waals surface area (Å²) < 4.78 is 54.2. The Bertz CT molecular complexity index is 1120. The predicted octanol–water partition coefficient (Wildman–Crippen LogP) is 3.34. The molecule has 1 amide bonds. The molecule has 3 heterocycles. The molecular formula is C25H34FN3O5S. The molecule has 0 saturated carbocycles. The normalized spacial score (nSPS) is 20.6. The lowest BCUT2D eigenvalue weighted by Crippen LogP contribution is -2.40. The number of benzene rings is 1. The number of sulfone groups is 1. The van der Waals surface area contributed by atoms with E-state index in [2.05, 4.69) is 4.98 Å². The monoisotopic (exact) mass is 507 g/mol. The number of halogens is 1. The molecule has 192 valence electrons. The van der Waals surface area contributed by atoms with Crippen LogP contribution < -0.4 is 0 Å². The van der Waals surface area contributed by atoms with Crippen molar-refractivity contribution in [2.45, 2.75) is 75.7 Å². The second kappa shape index (κ2) is 11.2. The van der Waals surface area contributed by atoms with Crippen molar-refractivity contribution in [3.05, 3.63) is 47.5 Å².